The number of hydrogen-bond donors (Lipinski definition) is 1. The van der Waals surface area contributed by atoms with Crippen molar-refractivity contribution in [2.75, 3.05) is 6.54 Å². The van der Waals surface area contributed by atoms with Gasteiger partial charge in [0.1, 0.15) is 0 Å². The van der Waals surface area contributed by atoms with Crippen LogP contribution in [0.15, 0.2) is 0 Å². The van der Waals surface area contributed by atoms with Crippen molar-refractivity contribution in [3.05, 3.63) is 0 Å². The quantitative estimate of drug-likeness (QED) is 0.538. The van der Waals surface area contributed by atoms with Gasteiger partial charge < -0.3 is 10.6 Å². The van der Waals surface area contributed by atoms with E-state index in [0.29, 0.717) is 11.4 Å². The molecule has 2 N–H and O–H groups in total. The van der Waals surface area contributed by atoms with Gasteiger partial charge in [0.15, 0.2) is 0 Å². The number of nitrogens with zero attached hydrogens (tertiary/aromatic N) is 1. The third-order valence-corrected chi connectivity index (χ3v) is 3.24. The molecule has 0 heterocycles. The second-order valence-corrected chi connectivity index (χ2v) is 5.17. The zero-order valence-corrected chi connectivity index (χ0v) is 12.3. The fourth-order valence-electron chi connectivity index (χ4n) is 1.85. The van der Waals surface area contributed by atoms with Gasteiger partial charge in [0, 0.05) is 12.6 Å². The van der Waals surface area contributed by atoms with E-state index in [1.165, 1.54) is 0 Å². The first-order chi connectivity index (χ1) is 7.95. The molecule has 0 radical (unpaired) electrons. The molecule has 0 aliphatic carbocycles. The molecule has 0 spiro atoms. The minimum Gasteiger partial charge on any atom is -0.393 e. The average molecular weight is 258 g/mol. The van der Waals surface area contributed by atoms with Crippen LogP contribution in [0, 0.1) is 5.92 Å². The monoisotopic (exact) mass is 258 g/mol. The van der Waals surface area contributed by atoms with Crippen LogP contribution in [-0.2, 0) is 4.79 Å². The van der Waals surface area contributed by atoms with E-state index in [9.17, 15) is 4.79 Å². The number of hydrogen-bond acceptors (Lipinski definition) is 2. The Morgan fingerprint density at radius 3 is 2.24 bits per heavy atom. The molecule has 0 aromatic rings. The molecular formula is C13H26N2OS. The van der Waals surface area contributed by atoms with Crippen molar-refractivity contribution in [3.8, 4) is 0 Å². The maximum Gasteiger partial charge on any atom is 0.232 e. The predicted molar refractivity (Wildman–Crippen MR) is 76.9 cm³/mol. The van der Waals surface area contributed by atoms with Gasteiger partial charge in [0.25, 0.3) is 0 Å². The SMILES string of the molecule is CCCCCN(C(=O)C(CC)C(N)=S)C(C)C. The lowest BCUT2D eigenvalue weighted by Crippen LogP contribution is -2.44. The fourth-order valence-corrected chi connectivity index (χ4v) is 2.12. The Kier molecular flexibility index (Phi) is 8.13. The minimum atomic E-state index is -0.297. The molecule has 17 heavy (non-hydrogen) atoms. The highest BCUT2D eigenvalue weighted by Crippen LogP contribution is 2.13. The molecule has 4 heteroatoms. The lowest BCUT2D eigenvalue weighted by Gasteiger charge is -2.30. The van der Waals surface area contributed by atoms with Crippen LogP contribution in [0.1, 0.15) is 53.4 Å². The molecule has 0 bridgehead atoms. The highest BCUT2D eigenvalue weighted by molar-refractivity contribution is 7.80. The maximum absolute atomic E-state index is 12.3. The average Bonchev–Trinajstić information content (AvgIpc) is 2.24. The molecule has 0 aliphatic heterocycles. The van der Waals surface area contributed by atoms with Crippen LogP contribution in [0.3, 0.4) is 0 Å². The molecule has 1 unspecified atom stereocenters. The van der Waals surface area contributed by atoms with Crippen molar-refractivity contribution in [1.82, 2.24) is 4.90 Å². The Morgan fingerprint density at radius 2 is 1.88 bits per heavy atom. The molecule has 0 saturated carbocycles. The maximum atomic E-state index is 12.3. The van der Waals surface area contributed by atoms with Gasteiger partial charge in [0.2, 0.25) is 5.91 Å². The van der Waals surface area contributed by atoms with Crippen LogP contribution < -0.4 is 5.73 Å². The molecule has 0 aromatic carbocycles. The van der Waals surface area contributed by atoms with E-state index < -0.39 is 0 Å². The van der Waals surface area contributed by atoms with Crippen LogP contribution in [0.4, 0.5) is 0 Å². The number of carbonyl (C=O) groups excluding carboxylic acids is 1. The number of thiocarbonyl (C=S) groups is 1. The summed E-state index contributed by atoms with van der Waals surface area (Å²) in [4.78, 5) is 14.5. The van der Waals surface area contributed by atoms with Crippen molar-refractivity contribution >= 4 is 23.1 Å². The van der Waals surface area contributed by atoms with Crippen molar-refractivity contribution in [2.45, 2.75) is 59.4 Å². The van der Waals surface area contributed by atoms with Gasteiger partial charge in [-0.05, 0) is 26.7 Å². The third kappa shape index (κ3) is 5.48. The molecule has 1 atom stereocenters. The van der Waals surface area contributed by atoms with Crippen LogP contribution in [0.25, 0.3) is 0 Å². The molecular weight excluding hydrogens is 232 g/mol. The van der Waals surface area contributed by atoms with E-state index in [0.717, 1.165) is 25.8 Å². The van der Waals surface area contributed by atoms with Crippen molar-refractivity contribution in [2.24, 2.45) is 11.7 Å². The van der Waals surface area contributed by atoms with E-state index in [-0.39, 0.29) is 17.9 Å². The van der Waals surface area contributed by atoms with Crippen molar-refractivity contribution in [1.29, 1.82) is 0 Å². The zero-order valence-electron chi connectivity index (χ0n) is 11.5. The predicted octanol–water partition coefficient (Wildman–Crippen LogP) is 2.73. The summed E-state index contributed by atoms with van der Waals surface area (Å²) in [5, 5.41) is 0. The molecule has 0 aliphatic rings. The summed E-state index contributed by atoms with van der Waals surface area (Å²) < 4.78 is 0. The number of rotatable bonds is 8. The molecule has 3 nitrogen and oxygen atoms in total. The summed E-state index contributed by atoms with van der Waals surface area (Å²) in [5.74, 6) is -0.208. The first-order valence-corrected chi connectivity index (χ1v) is 6.96. The molecule has 100 valence electrons. The molecule has 0 saturated heterocycles. The summed E-state index contributed by atoms with van der Waals surface area (Å²) in [7, 11) is 0. The molecule has 0 rings (SSSR count). The lowest BCUT2D eigenvalue weighted by molar-refractivity contribution is -0.135. The Balaban J connectivity index is 4.57. The van der Waals surface area contributed by atoms with Gasteiger partial charge in [-0.25, -0.2) is 0 Å². The number of nitrogens with two attached hydrogens (primary N) is 1. The van der Waals surface area contributed by atoms with Gasteiger partial charge >= 0.3 is 0 Å². The van der Waals surface area contributed by atoms with Gasteiger partial charge in [-0.1, -0.05) is 38.9 Å². The number of amides is 1. The normalized spacial score (nSPS) is 12.5. The smallest absolute Gasteiger partial charge is 0.232 e. The highest BCUT2D eigenvalue weighted by Gasteiger charge is 2.26. The van der Waals surface area contributed by atoms with E-state index in [2.05, 4.69) is 6.92 Å². The standard InChI is InChI=1S/C13H26N2OS/c1-5-7-8-9-15(10(3)4)13(16)11(6-2)12(14)17/h10-11H,5-9H2,1-4H3,(H2,14,17). The van der Waals surface area contributed by atoms with Crippen molar-refractivity contribution in [3.63, 3.8) is 0 Å². The summed E-state index contributed by atoms with van der Waals surface area (Å²) in [6.07, 6.45) is 4.05. The topological polar surface area (TPSA) is 46.3 Å². The van der Waals surface area contributed by atoms with Gasteiger partial charge in [0.05, 0.1) is 10.9 Å². The summed E-state index contributed by atoms with van der Waals surface area (Å²) >= 11 is 4.96. The van der Waals surface area contributed by atoms with E-state index >= 15 is 0 Å². The Bertz CT molecular complexity index is 254. The Morgan fingerprint density at radius 1 is 1.29 bits per heavy atom. The van der Waals surface area contributed by atoms with Gasteiger partial charge in [-0.15, -0.1) is 0 Å². The lowest BCUT2D eigenvalue weighted by atomic mass is 10.0. The first-order valence-electron chi connectivity index (χ1n) is 6.55. The third-order valence-electron chi connectivity index (χ3n) is 2.96. The van der Waals surface area contributed by atoms with E-state index in [1.807, 2.05) is 25.7 Å². The number of carbonyl (C=O) groups is 1. The summed E-state index contributed by atoms with van der Waals surface area (Å²) in [6.45, 7) is 8.99. The highest BCUT2D eigenvalue weighted by atomic mass is 32.1. The molecule has 0 aromatic heterocycles. The van der Waals surface area contributed by atoms with Crippen LogP contribution in [0.2, 0.25) is 0 Å². The van der Waals surface area contributed by atoms with Crippen LogP contribution in [-0.4, -0.2) is 28.4 Å². The Hall–Kier alpha value is -0.640. The minimum absolute atomic E-state index is 0.0890. The van der Waals surface area contributed by atoms with Gasteiger partial charge in [-0.3, -0.25) is 4.79 Å². The van der Waals surface area contributed by atoms with Crippen LogP contribution >= 0.6 is 12.2 Å². The zero-order chi connectivity index (χ0) is 13.4. The molecule has 1 amide bonds. The van der Waals surface area contributed by atoms with Crippen LogP contribution in [0.5, 0.6) is 0 Å². The number of unbranched alkanes of at least 4 members (excludes halogenated alkanes) is 2. The fraction of sp³-hybridized carbons (Fsp3) is 0.846. The second kappa shape index (κ2) is 8.45. The summed E-state index contributed by atoms with van der Waals surface area (Å²) in [5.41, 5.74) is 5.62. The second-order valence-electron chi connectivity index (χ2n) is 4.70. The summed E-state index contributed by atoms with van der Waals surface area (Å²) in [6, 6.07) is 0.211. The largest absolute Gasteiger partial charge is 0.393 e. The molecule has 0 fully saturated rings. The van der Waals surface area contributed by atoms with Crippen molar-refractivity contribution < 1.29 is 4.79 Å². The van der Waals surface area contributed by atoms with Gasteiger partial charge in [-0.2, -0.15) is 0 Å². The first kappa shape index (κ1) is 16.4. The Labute approximate surface area is 111 Å². The van der Waals surface area contributed by atoms with E-state index in [1.54, 1.807) is 0 Å². The van der Waals surface area contributed by atoms with E-state index in [4.69, 9.17) is 18.0 Å².